The van der Waals surface area contributed by atoms with Crippen molar-refractivity contribution in [1.82, 2.24) is 9.88 Å². The minimum Gasteiger partial charge on any atom is -0.462 e. The molecule has 29 heavy (non-hydrogen) atoms. The van der Waals surface area contributed by atoms with Gasteiger partial charge in [0.2, 0.25) is 0 Å². The van der Waals surface area contributed by atoms with Crippen molar-refractivity contribution in [3.8, 4) is 0 Å². The Balaban J connectivity index is 1.70. The molecule has 0 saturated carbocycles. The third-order valence-corrected chi connectivity index (χ3v) is 5.86. The van der Waals surface area contributed by atoms with E-state index in [2.05, 4.69) is 46.0 Å². The summed E-state index contributed by atoms with van der Waals surface area (Å²) >= 11 is 0. The lowest BCUT2D eigenvalue weighted by Crippen LogP contribution is -2.52. The summed E-state index contributed by atoms with van der Waals surface area (Å²) < 4.78 is 5.14. The first-order valence-electron chi connectivity index (χ1n) is 10.3. The molecule has 1 fully saturated rings. The first-order valence-corrected chi connectivity index (χ1v) is 10.3. The Bertz CT molecular complexity index is 895. The Morgan fingerprint density at radius 3 is 2.38 bits per heavy atom. The number of carbonyl (C=O) groups is 2. The van der Waals surface area contributed by atoms with Gasteiger partial charge in [-0.05, 0) is 51.8 Å². The number of Topliss-reactive ketones (excluding diaryl/α,β-unsaturated/α-hetero) is 1. The highest BCUT2D eigenvalue weighted by Gasteiger charge is 2.30. The van der Waals surface area contributed by atoms with Gasteiger partial charge < -0.3 is 14.6 Å². The monoisotopic (exact) mass is 397 g/mol. The molecule has 6 nitrogen and oxygen atoms in total. The Labute approximate surface area is 172 Å². The molecule has 0 aliphatic carbocycles. The summed E-state index contributed by atoms with van der Waals surface area (Å²) in [6.07, 6.45) is 0. The van der Waals surface area contributed by atoms with E-state index in [0.717, 1.165) is 26.2 Å². The molecule has 1 atom stereocenters. The summed E-state index contributed by atoms with van der Waals surface area (Å²) in [6, 6.07) is 8.16. The van der Waals surface area contributed by atoms with Gasteiger partial charge in [0.25, 0.3) is 0 Å². The summed E-state index contributed by atoms with van der Waals surface area (Å²) in [4.78, 5) is 33.1. The zero-order chi connectivity index (χ0) is 21.1. The molecular formula is C23H31N3O3. The van der Waals surface area contributed by atoms with Gasteiger partial charge in [0.1, 0.15) is 0 Å². The standard InChI is InChI=1S/C23H31N3O3/c1-6-29-23(28)20-16(3)21(24-17(20)4)22(27)18(5)25-11-13-26(14-12-25)19-10-8-7-9-15(19)2/h7-10,18,24H,6,11-14H2,1-5H3/t18-/m0/s1. The smallest absolute Gasteiger partial charge is 0.340 e. The summed E-state index contributed by atoms with van der Waals surface area (Å²) in [7, 11) is 0. The van der Waals surface area contributed by atoms with Crippen LogP contribution in [0, 0.1) is 20.8 Å². The largest absolute Gasteiger partial charge is 0.462 e. The minimum atomic E-state index is -0.378. The van der Waals surface area contributed by atoms with E-state index in [-0.39, 0.29) is 17.8 Å². The first kappa shape index (κ1) is 21.1. The molecule has 0 unspecified atom stereocenters. The molecule has 0 spiro atoms. The quantitative estimate of drug-likeness (QED) is 0.597. The summed E-state index contributed by atoms with van der Waals surface area (Å²) in [5.41, 5.74) is 4.89. The molecule has 2 heterocycles. The number of benzene rings is 1. The van der Waals surface area contributed by atoms with E-state index in [4.69, 9.17) is 4.74 Å². The molecule has 1 aromatic heterocycles. The average molecular weight is 398 g/mol. The highest BCUT2D eigenvalue weighted by Crippen LogP contribution is 2.24. The minimum absolute atomic E-state index is 0.0190. The SMILES string of the molecule is CCOC(=O)c1c(C)[nH]c(C(=O)[C@H](C)N2CCN(c3ccccc3C)CC2)c1C. The lowest BCUT2D eigenvalue weighted by molar-refractivity contribution is 0.0525. The molecule has 3 rings (SSSR count). The number of aromatic nitrogens is 1. The van der Waals surface area contributed by atoms with E-state index in [1.807, 2.05) is 20.8 Å². The Morgan fingerprint density at radius 2 is 1.76 bits per heavy atom. The van der Waals surface area contributed by atoms with E-state index in [1.165, 1.54) is 11.3 Å². The fourth-order valence-corrected chi connectivity index (χ4v) is 4.15. The number of aryl methyl sites for hydroxylation is 2. The van der Waals surface area contributed by atoms with Gasteiger partial charge in [0.15, 0.2) is 5.78 Å². The number of carbonyl (C=O) groups excluding carboxylic acids is 2. The first-order chi connectivity index (χ1) is 13.8. The number of esters is 1. The van der Waals surface area contributed by atoms with Crippen LogP contribution in [0.2, 0.25) is 0 Å². The molecule has 1 saturated heterocycles. The molecule has 1 N–H and O–H groups in total. The van der Waals surface area contributed by atoms with Crippen LogP contribution in [0.1, 0.15) is 51.5 Å². The highest BCUT2D eigenvalue weighted by atomic mass is 16.5. The Kier molecular flexibility index (Phi) is 6.42. The topological polar surface area (TPSA) is 65.6 Å². The summed E-state index contributed by atoms with van der Waals surface area (Å²) in [6.45, 7) is 13.2. The number of piperazine rings is 1. The fraction of sp³-hybridized carbons (Fsp3) is 0.478. The molecule has 1 aromatic carbocycles. The molecule has 6 heteroatoms. The molecule has 2 aromatic rings. The van der Waals surface area contributed by atoms with Gasteiger partial charge in [-0.3, -0.25) is 9.69 Å². The molecule has 0 bridgehead atoms. The number of nitrogens with one attached hydrogen (secondary N) is 1. The maximum atomic E-state index is 13.2. The Morgan fingerprint density at radius 1 is 1.10 bits per heavy atom. The van der Waals surface area contributed by atoms with Crippen LogP contribution >= 0.6 is 0 Å². The van der Waals surface area contributed by atoms with Crippen LogP contribution in [0.25, 0.3) is 0 Å². The molecule has 1 aliphatic heterocycles. The van der Waals surface area contributed by atoms with Gasteiger partial charge in [-0.15, -0.1) is 0 Å². The highest BCUT2D eigenvalue weighted by molar-refractivity contribution is 6.03. The predicted octanol–water partition coefficient (Wildman–Crippen LogP) is 3.51. The van der Waals surface area contributed by atoms with Gasteiger partial charge in [-0.1, -0.05) is 18.2 Å². The molecular weight excluding hydrogens is 366 g/mol. The normalized spacial score (nSPS) is 16.0. The molecule has 1 aliphatic rings. The van der Waals surface area contributed by atoms with E-state index in [1.54, 1.807) is 6.92 Å². The van der Waals surface area contributed by atoms with Crippen LogP contribution in [0.15, 0.2) is 24.3 Å². The van der Waals surface area contributed by atoms with E-state index in [9.17, 15) is 9.59 Å². The van der Waals surface area contributed by atoms with E-state index < -0.39 is 0 Å². The van der Waals surface area contributed by atoms with Crippen molar-refractivity contribution in [3.05, 3.63) is 52.3 Å². The number of anilines is 1. The zero-order valence-corrected chi connectivity index (χ0v) is 18.0. The third kappa shape index (κ3) is 4.22. The van der Waals surface area contributed by atoms with Crippen molar-refractivity contribution in [2.75, 3.05) is 37.7 Å². The number of H-pyrrole nitrogens is 1. The zero-order valence-electron chi connectivity index (χ0n) is 18.0. The molecule has 0 amide bonds. The van der Waals surface area contributed by atoms with E-state index >= 15 is 0 Å². The molecule has 156 valence electrons. The van der Waals surface area contributed by atoms with Crippen LogP contribution in [-0.2, 0) is 4.74 Å². The summed E-state index contributed by atoms with van der Waals surface area (Å²) in [5.74, 6) is -0.359. The van der Waals surface area contributed by atoms with E-state index in [0.29, 0.717) is 29.1 Å². The van der Waals surface area contributed by atoms with Crippen molar-refractivity contribution in [1.29, 1.82) is 0 Å². The van der Waals surface area contributed by atoms with Gasteiger partial charge in [-0.2, -0.15) is 0 Å². The van der Waals surface area contributed by atoms with Crippen molar-refractivity contribution >= 4 is 17.4 Å². The van der Waals surface area contributed by atoms with Crippen molar-refractivity contribution in [3.63, 3.8) is 0 Å². The number of nitrogens with zero attached hydrogens (tertiary/aromatic N) is 2. The van der Waals surface area contributed by atoms with Crippen LogP contribution in [0.5, 0.6) is 0 Å². The van der Waals surface area contributed by atoms with Crippen molar-refractivity contribution < 1.29 is 14.3 Å². The molecule has 0 radical (unpaired) electrons. The number of hydrogen-bond donors (Lipinski definition) is 1. The predicted molar refractivity (Wildman–Crippen MR) is 115 cm³/mol. The van der Waals surface area contributed by atoms with Crippen molar-refractivity contribution in [2.24, 2.45) is 0 Å². The van der Waals surface area contributed by atoms with Gasteiger partial charge in [0.05, 0.1) is 23.9 Å². The number of rotatable bonds is 6. The van der Waals surface area contributed by atoms with Crippen molar-refractivity contribution in [2.45, 2.75) is 40.7 Å². The number of para-hydroxylation sites is 1. The van der Waals surface area contributed by atoms with Crippen LogP contribution in [0.4, 0.5) is 5.69 Å². The lowest BCUT2D eigenvalue weighted by atomic mass is 10.0. The Hall–Kier alpha value is -2.60. The lowest BCUT2D eigenvalue weighted by Gasteiger charge is -2.39. The second-order valence-electron chi connectivity index (χ2n) is 7.70. The van der Waals surface area contributed by atoms with Crippen LogP contribution < -0.4 is 4.90 Å². The maximum Gasteiger partial charge on any atom is 0.340 e. The van der Waals surface area contributed by atoms with Gasteiger partial charge in [0, 0.05) is 37.6 Å². The number of ether oxygens (including phenoxy) is 1. The third-order valence-electron chi connectivity index (χ3n) is 5.86. The fourth-order valence-electron chi connectivity index (χ4n) is 4.15. The van der Waals surface area contributed by atoms with Crippen LogP contribution in [0.3, 0.4) is 0 Å². The average Bonchev–Trinajstić information content (AvgIpc) is 3.01. The van der Waals surface area contributed by atoms with Gasteiger partial charge >= 0.3 is 5.97 Å². The number of hydrogen-bond acceptors (Lipinski definition) is 5. The second kappa shape index (κ2) is 8.82. The number of aromatic amines is 1. The maximum absolute atomic E-state index is 13.2. The number of ketones is 1. The van der Waals surface area contributed by atoms with Gasteiger partial charge in [-0.25, -0.2) is 4.79 Å². The second-order valence-corrected chi connectivity index (χ2v) is 7.70. The van der Waals surface area contributed by atoms with Crippen LogP contribution in [-0.4, -0.2) is 60.5 Å². The summed E-state index contributed by atoms with van der Waals surface area (Å²) in [5, 5.41) is 0.